The molecule has 7 nitrogen and oxygen atoms in total. The summed E-state index contributed by atoms with van der Waals surface area (Å²) < 4.78 is 5.50. The van der Waals surface area contributed by atoms with Crippen LogP contribution in [0.2, 0.25) is 0 Å². The van der Waals surface area contributed by atoms with Crippen molar-refractivity contribution in [2.45, 2.75) is 43.7 Å². The maximum absolute atomic E-state index is 12.3. The summed E-state index contributed by atoms with van der Waals surface area (Å²) in [6.45, 7) is 8.12. The number of fused-ring (bicyclic) bond motifs is 2. The number of hydrogen-bond donors (Lipinski definition) is 1. The second-order valence-electron chi connectivity index (χ2n) is 9.54. The van der Waals surface area contributed by atoms with Gasteiger partial charge in [-0.1, -0.05) is 0 Å². The zero-order valence-corrected chi connectivity index (χ0v) is 19.3. The van der Waals surface area contributed by atoms with Crippen molar-refractivity contribution in [2.24, 2.45) is 11.8 Å². The molecular formula is C23H29N5O2S. The van der Waals surface area contributed by atoms with Crippen LogP contribution in [-0.2, 0) is 11.2 Å². The van der Waals surface area contributed by atoms with Gasteiger partial charge in [-0.15, -0.1) is 11.8 Å². The maximum Gasteiger partial charge on any atom is 0.410 e. The lowest BCUT2D eigenvalue weighted by Gasteiger charge is -2.26. The summed E-state index contributed by atoms with van der Waals surface area (Å²) in [6, 6.07) is 9.04. The number of rotatable bonds is 4. The molecule has 8 heteroatoms. The molecule has 0 spiro atoms. The number of benzene rings is 1. The number of aromatic nitrogens is 2. The molecular weight excluding hydrogens is 410 g/mol. The van der Waals surface area contributed by atoms with Crippen LogP contribution in [0.1, 0.15) is 26.3 Å². The summed E-state index contributed by atoms with van der Waals surface area (Å²) in [5.74, 6) is 2.70. The second-order valence-corrected chi connectivity index (χ2v) is 10.4. The molecule has 3 heterocycles. The third-order valence-corrected chi connectivity index (χ3v) is 7.00. The van der Waals surface area contributed by atoms with Crippen molar-refractivity contribution in [3.63, 3.8) is 0 Å². The molecule has 31 heavy (non-hydrogen) atoms. The van der Waals surface area contributed by atoms with E-state index in [1.165, 1.54) is 16.1 Å². The second kappa shape index (κ2) is 7.58. The van der Waals surface area contributed by atoms with Crippen molar-refractivity contribution in [1.29, 1.82) is 0 Å². The van der Waals surface area contributed by atoms with Crippen LogP contribution in [-0.4, -0.2) is 58.5 Å². The fourth-order valence-electron chi connectivity index (χ4n) is 4.70. The SMILES string of the molecule is CSc1ccc2c(c1)CCN2c1cc(NC2C3CN(C(=O)OC(C)(C)C)CC32)ncn1. The maximum atomic E-state index is 12.3. The normalized spacial score (nSPS) is 24.1. The highest BCUT2D eigenvalue weighted by Crippen LogP contribution is 2.47. The van der Waals surface area contributed by atoms with Crippen molar-refractivity contribution >= 4 is 35.2 Å². The molecule has 5 rings (SSSR count). The van der Waals surface area contributed by atoms with Crippen LogP contribution < -0.4 is 10.2 Å². The van der Waals surface area contributed by atoms with E-state index in [9.17, 15) is 4.79 Å². The van der Waals surface area contributed by atoms with Gasteiger partial charge in [-0.05, 0) is 57.2 Å². The highest BCUT2D eigenvalue weighted by Gasteiger charge is 2.57. The molecule has 0 radical (unpaired) electrons. The fourth-order valence-corrected chi connectivity index (χ4v) is 5.17. The van der Waals surface area contributed by atoms with E-state index in [0.717, 1.165) is 37.7 Å². The van der Waals surface area contributed by atoms with Gasteiger partial charge >= 0.3 is 6.09 Å². The summed E-state index contributed by atoms with van der Waals surface area (Å²) >= 11 is 1.77. The van der Waals surface area contributed by atoms with Gasteiger partial charge in [0.2, 0.25) is 0 Å². The van der Waals surface area contributed by atoms with Crippen LogP contribution in [0.15, 0.2) is 35.5 Å². The minimum Gasteiger partial charge on any atom is -0.444 e. The molecule has 2 unspecified atom stereocenters. The van der Waals surface area contributed by atoms with Crippen molar-refractivity contribution in [2.75, 3.05) is 36.1 Å². The van der Waals surface area contributed by atoms with Crippen molar-refractivity contribution < 1.29 is 9.53 Å². The van der Waals surface area contributed by atoms with Gasteiger partial charge < -0.3 is 19.9 Å². The third kappa shape index (κ3) is 4.05. The Morgan fingerprint density at radius 1 is 1.19 bits per heavy atom. The molecule has 3 aliphatic rings. The number of piperidine rings is 1. The number of carbonyl (C=O) groups is 1. The number of nitrogens with one attached hydrogen (secondary N) is 1. The Morgan fingerprint density at radius 3 is 2.68 bits per heavy atom. The van der Waals surface area contributed by atoms with Gasteiger partial charge in [-0.2, -0.15) is 0 Å². The van der Waals surface area contributed by atoms with E-state index in [-0.39, 0.29) is 6.09 Å². The Bertz CT molecular complexity index is 996. The van der Waals surface area contributed by atoms with E-state index in [4.69, 9.17) is 4.74 Å². The number of carbonyl (C=O) groups excluding carboxylic acids is 1. The first-order valence-corrected chi connectivity index (χ1v) is 12.1. The lowest BCUT2D eigenvalue weighted by molar-refractivity contribution is 0.0272. The van der Waals surface area contributed by atoms with Crippen LogP contribution in [0, 0.1) is 11.8 Å². The van der Waals surface area contributed by atoms with E-state index in [1.54, 1.807) is 18.1 Å². The zero-order chi connectivity index (χ0) is 21.8. The highest BCUT2D eigenvalue weighted by atomic mass is 32.2. The Balaban J connectivity index is 1.22. The van der Waals surface area contributed by atoms with Gasteiger partial charge in [0, 0.05) is 54.2 Å². The summed E-state index contributed by atoms with van der Waals surface area (Å²) in [5, 5.41) is 3.57. The van der Waals surface area contributed by atoms with Gasteiger partial charge in [0.1, 0.15) is 23.6 Å². The molecule has 0 bridgehead atoms. The summed E-state index contributed by atoms with van der Waals surface area (Å²) in [6.07, 6.45) is 4.57. The minimum atomic E-state index is -0.454. The molecule has 2 aromatic rings. The average molecular weight is 440 g/mol. The molecule has 1 N–H and O–H groups in total. The number of nitrogens with zero attached hydrogens (tertiary/aromatic N) is 4. The number of likely N-dealkylation sites (tertiary alicyclic amines) is 1. The Morgan fingerprint density at radius 2 is 1.97 bits per heavy atom. The van der Waals surface area contributed by atoms with Crippen molar-refractivity contribution in [3.05, 3.63) is 36.2 Å². The number of anilines is 3. The van der Waals surface area contributed by atoms with E-state index in [1.807, 2.05) is 31.7 Å². The largest absolute Gasteiger partial charge is 0.444 e. The fraction of sp³-hybridized carbons (Fsp3) is 0.522. The van der Waals surface area contributed by atoms with Gasteiger partial charge in [0.05, 0.1) is 0 Å². The molecule has 2 aliphatic heterocycles. The quantitative estimate of drug-likeness (QED) is 0.717. The summed E-state index contributed by atoms with van der Waals surface area (Å²) in [5.41, 5.74) is 2.15. The predicted octanol–water partition coefficient (Wildman–Crippen LogP) is 4.17. The van der Waals surface area contributed by atoms with E-state index >= 15 is 0 Å². The molecule has 1 amide bonds. The Hall–Kier alpha value is -2.48. The van der Waals surface area contributed by atoms with Gasteiger partial charge in [-0.3, -0.25) is 0 Å². The third-order valence-electron chi connectivity index (χ3n) is 6.27. The molecule has 1 aromatic heterocycles. The van der Waals surface area contributed by atoms with Crippen LogP contribution >= 0.6 is 11.8 Å². The Labute approximate surface area is 187 Å². The number of amides is 1. The lowest BCUT2D eigenvalue weighted by Crippen LogP contribution is -2.38. The Kier molecular flexibility index (Phi) is 5.00. The van der Waals surface area contributed by atoms with Gasteiger partial charge in [-0.25, -0.2) is 14.8 Å². The summed E-state index contributed by atoms with van der Waals surface area (Å²) in [4.78, 5) is 26.7. The average Bonchev–Trinajstić information content (AvgIpc) is 3.11. The molecule has 1 aliphatic carbocycles. The van der Waals surface area contributed by atoms with Crippen molar-refractivity contribution in [3.8, 4) is 0 Å². The minimum absolute atomic E-state index is 0.208. The first-order valence-electron chi connectivity index (χ1n) is 10.8. The summed E-state index contributed by atoms with van der Waals surface area (Å²) in [7, 11) is 0. The van der Waals surface area contributed by atoms with Crippen LogP contribution in [0.25, 0.3) is 0 Å². The first kappa shape index (κ1) is 20.4. The monoisotopic (exact) mass is 439 g/mol. The number of hydrogen-bond acceptors (Lipinski definition) is 7. The molecule has 1 aromatic carbocycles. The van der Waals surface area contributed by atoms with Crippen LogP contribution in [0.3, 0.4) is 0 Å². The van der Waals surface area contributed by atoms with E-state index < -0.39 is 5.60 Å². The lowest BCUT2D eigenvalue weighted by atomic mass is 10.2. The zero-order valence-electron chi connectivity index (χ0n) is 18.5. The first-order chi connectivity index (χ1) is 14.8. The van der Waals surface area contributed by atoms with Crippen LogP contribution in [0.4, 0.5) is 22.1 Å². The van der Waals surface area contributed by atoms with Crippen molar-refractivity contribution in [1.82, 2.24) is 14.9 Å². The van der Waals surface area contributed by atoms with Gasteiger partial charge in [0.25, 0.3) is 0 Å². The number of ether oxygens (including phenoxy) is 1. The topological polar surface area (TPSA) is 70.6 Å². The molecule has 2 fully saturated rings. The number of thioether (sulfide) groups is 1. The molecule has 1 saturated carbocycles. The van der Waals surface area contributed by atoms with Crippen LogP contribution in [0.5, 0.6) is 0 Å². The smallest absolute Gasteiger partial charge is 0.410 e. The van der Waals surface area contributed by atoms with Gasteiger partial charge in [0.15, 0.2) is 0 Å². The van der Waals surface area contributed by atoms with E-state index in [2.05, 4.69) is 44.6 Å². The van der Waals surface area contributed by atoms with E-state index in [0.29, 0.717) is 17.9 Å². The molecule has 2 atom stereocenters. The standard InChI is InChI=1S/C23H29N5O2S/c1-23(2,3)30-22(29)27-11-16-17(12-27)21(16)26-19-10-20(25-13-24-19)28-8-7-14-9-15(31-4)5-6-18(14)28/h5-6,9-10,13,16-17,21H,7-8,11-12H2,1-4H3,(H,24,25,26). The molecule has 1 saturated heterocycles. The predicted molar refractivity (Wildman–Crippen MR) is 123 cm³/mol. The molecule has 164 valence electrons. The highest BCUT2D eigenvalue weighted by molar-refractivity contribution is 7.98.